The molecule has 0 unspecified atom stereocenters. The Labute approximate surface area is 102 Å². The monoisotopic (exact) mass is 237 g/mol. The number of nitrogens with one attached hydrogen (secondary N) is 1. The van der Waals surface area contributed by atoms with Gasteiger partial charge in [0.25, 0.3) is 0 Å². The molecule has 0 saturated carbocycles. The summed E-state index contributed by atoms with van der Waals surface area (Å²) in [6, 6.07) is 1.75. The van der Waals surface area contributed by atoms with Crippen LogP contribution in [0.4, 0.5) is 0 Å². The van der Waals surface area contributed by atoms with Gasteiger partial charge >= 0.3 is 0 Å². The maximum atomic E-state index is 5.81. The van der Waals surface area contributed by atoms with Crippen molar-refractivity contribution in [3.8, 4) is 11.8 Å². The molecule has 1 aromatic rings. The Hall–Kier alpha value is -1.36. The molecular weight excluding hydrogens is 218 g/mol. The van der Waals surface area contributed by atoms with Gasteiger partial charge in [-0.05, 0) is 39.8 Å². The quantitative estimate of drug-likeness (QED) is 0.857. The molecule has 1 N–H and O–H groups in total. The Balaban J connectivity index is 1.95. The smallest absolute Gasteiger partial charge is 0.220 e. The summed E-state index contributed by atoms with van der Waals surface area (Å²) in [5.41, 5.74) is 0. The highest BCUT2D eigenvalue weighted by Crippen LogP contribution is 2.18. The highest BCUT2D eigenvalue weighted by atomic mass is 16.5. The molecule has 2 rings (SSSR count). The summed E-state index contributed by atoms with van der Waals surface area (Å²) in [6.07, 6.45) is 3.87. The van der Waals surface area contributed by atoms with E-state index in [9.17, 15) is 0 Å². The molecule has 0 aliphatic carbocycles. The molecule has 0 amide bonds. The van der Waals surface area contributed by atoms with Crippen LogP contribution in [0.1, 0.15) is 26.7 Å². The molecule has 94 valence electrons. The van der Waals surface area contributed by atoms with Crippen LogP contribution in [0, 0.1) is 0 Å². The van der Waals surface area contributed by atoms with E-state index in [1.54, 1.807) is 6.07 Å². The molecule has 1 fully saturated rings. The summed E-state index contributed by atoms with van der Waals surface area (Å²) < 4.78 is 11.3. The fourth-order valence-corrected chi connectivity index (χ4v) is 1.78. The number of rotatable bonds is 4. The number of hydrogen-bond acceptors (Lipinski definition) is 5. The number of hydrogen-bond donors (Lipinski definition) is 1. The molecular formula is C12H19N3O2. The number of aromatic nitrogens is 2. The second-order valence-corrected chi connectivity index (χ2v) is 4.43. The van der Waals surface area contributed by atoms with Gasteiger partial charge in [0.1, 0.15) is 12.4 Å². The van der Waals surface area contributed by atoms with E-state index in [0.717, 1.165) is 25.9 Å². The minimum absolute atomic E-state index is 0.108. The molecule has 2 heterocycles. The van der Waals surface area contributed by atoms with Crippen LogP contribution >= 0.6 is 0 Å². The lowest BCUT2D eigenvalue weighted by atomic mass is 10.1. The summed E-state index contributed by atoms with van der Waals surface area (Å²) in [4.78, 5) is 8.15. The Morgan fingerprint density at radius 2 is 1.94 bits per heavy atom. The average molecular weight is 237 g/mol. The lowest BCUT2D eigenvalue weighted by molar-refractivity contribution is 0.153. The summed E-state index contributed by atoms with van der Waals surface area (Å²) in [6.45, 7) is 5.95. The fraction of sp³-hybridized carbons (Fsp3) is 0.667. The largest absolute Gasteiger partial charge is 0.475 e. The van der Waals surface area contributed by atoms with Crippen LogP contribution in [-0.2, 0) is 0 Å². The van der Waals surface area contributed by atoms with Crippen LogP contribution in [0.5, 0.6) is 11.8 Å². The van der Waals surface area contributed by atoms with Gasteiger partial charge in [-0.1, -0.05) is 0 Å². The van der Waals surface area contributed by atoms with E-state index in [4.69, 9.17) is 9.47 Å². The van der Waals surface area contributed by atoms with E-state index in [0.29, 0.717) is 11.8 Å². The zero-order valence-corrected chi connectivity index (χ0v) is 10.3. The van der Waals surface area contributed by atoms with Crippen molar-refractivity contribution in [1.82, 2.24) is 15.3 Å². The lowest BCUT2D eigenvalue weighted by Crippen LogP contribution is -2.34. The number of ether oxygens (including phenoxy) is 2. The SMILES string of the molecule is CC(C)Oc1cc(OC2CCNCC2)ncn1. The average Bonchev–Trinajstić information content (AvgIpc) is 2.30. The summed E-state index contributed by atoms with van der Waals surface area (Å²) in [5.74, 6) is 1.17. The molecule has 1 aliphatic rings. The number of nitrogens with zero attached hydrogens (tertiary/aromatic N) is 2. The second-order valence-electron chi connectivity index (χ2n) is 4.43. The highest BCUT2D eigenvalue weighted by Gasteiger charge is 2.15. The maximum Gasteiger partial charge on any atom is 0.220 e. The van der Waals surface area contributed by atoms with Crippen molar-refractivity contribution in [3.63, 3.8) is 0 Å². The van der Waals surface area contributed by atoms with Gasteiger partial charge < -0.3 is 14.8 Å². The van der Waals surface area contributed by atoms with Gasteiger partial charge in [0.05, 0.1) is 12.2 Å². The zero-order valence-electron chi connectivity index (χ0n) is 10.3. The third-order valence-electron chi connectivity index (χ3n) is 2.55. The van der Waals surface area contributed by atoms with Crippen molar-refractivity contribution in [2.75, 3.05) is 13.1 Å². The van der Waals surface area contributed by atoms with E-state index in [1.165, 1.54) is 6.33 Å². The Bertz CT molecular complexity index is 351. The van der Waals surface area contributed by atoms with E-state index >= 15 is 0 Å². The number of piperidine rings is 1. The minimum Gasteiger partial charge on any atom is -0.475 e. The second kappa shape index (κ2) is 5.82. The fourth-order valence-electron chi connectivity index (χ4n) is 1.78. The molecule has 5 heteroatoms. The summed E-state index contributed by atoms with van der Waals surface area (Å²) >= 11 is 0. The topological polar surface area (TPSA) is 56.3 Å². The van der Waals surface area contributed by atoms with Crippen molar-refractivity contribution in [2.24, 2.45) is 0 Å². The first-order valence-electron chi connectivity index (χ1n) is 6.10. The lowest BCUT2D eigenvalue weighted by Gasteiger charge is -2.23. The third kappa shape index (κ3) is 3.85. The van der Waals surface area contributed by atoms with E-state index in [-0.39, 0.29) is 12.2 Å². The van der Waals surface area contributed by atoms with E-state index in [1.807, 2.05) is 13.8 Å². The van der Waals surface area contributed by atoms with Crippen molar-refractivity contribution >= 4 is 0 Å². The van der Waals surface area contributed by atoms with Gasteiger partial charge in [-0.25, -0.2) is 9.97 Å². The van der Waals surface area contributed by atoms with E-state index < -0.39 is 0 Å². The van der Waals surface area contributed by atoms with Gasteiger partial charge in [-0.2, -0.15) is 0 Å². The van der Waals surface area contributed by atoms with Gasteiger partial charge in [-0.3, -0.25) is 0 Å². The van der Waals surface area contributed by atoms with Gasteiger partial charge in [-0.15, -0.1) is 0 Å². The van der Waals surface area contributed by atoms with Crippen LogP contribution < -0.4 is 14.8 Å². The normalized spacial score (nSPS) is 17.1. The first kappa shape index (κ1) is 12.1. The predicted molar refractivity (Wildman–Crippen MR) is 64.3 cm³/mol. The molecule has 1 saturated heterocycles. The van der Waals surface area contributed by atoms with Crippen LogP contribution in [0.3, 0.4) is 0 Å². The minimum atomic E-state index is 0.108. The molecule has 1 aromatic heterocycles. The molecule has 0 aromatic carbocycles. The Kier molecular flexibility index (Phi) is 4.14. The van der Waals surface area contributed by atoms with E-state index in [2.05, 4.69) is 15.3 Å². The van der Waals surface area contributed by atoms with Crippen LogP contribution in [-0.4, -0.2) is 35.3 Å². The maximum absolute atomic E-state index is 5.81. The molecule has 0 radical (unpaired) electrons. The Morgan fingerprint density at radius 3 is 2.65 bits per heavy atom. The molecule has 1 aliphatic heterocycles. The van der Waals surface area contributed by atoms with Crippen LogP contribution in [0.2, 0.25) is 0 Å². The standard InChI is InChI=1S/C12H19N3O2/c1-9(2)16-11-7-12(15-8-14-11)17-10-3-5-13-6-4-10/h7-10,13H,3-6H2,1-2H3. The highest BCUT2D eigenvalue weighted by molar-refractivity contribution is 5.18. The van der Waals surface area contributed by atoms with Gasteiger partial charge in [0.2, 0.25) is 11.8 Å². The zero-order chi connectivity index (χ0) is 12.1. The molecule has 0 atom stereocenters. The molecule has 0 bridgehead atoms. The van der Waals surface area contributed by atoms with Crippen molar-refractivity contribution < 1.29 is 9.47 Å². The third-order valence-corrected chi connectivity index (χ3v) is 2.55. The Morgan fingerprint density at radius 1 is 1.24 bits per heavy atom. The summed E-state index contributed by atoms with van der Waals surface area (Å²) in [7, 11) is 0. The van der Waals surface area contributed by atoms with Crippen molar-refractivity contribution in [2.45, 2.75) is 38.9 Å². The first-order valence-corrected chi connectivity index (χ1v) is 6.10. The van der Waals surface area contributed by atoms with Gasteiger partial charge in [0.15, 0.2) is 0 Å². The molecule has 5 nitrogen and oxygen atoms in total. The predicted octanol–water partition coefficient (Wildman–Crippen LogP) is 1.39. The molecule has 0 spiro atoms. The van der Waals surface area contributed by atoms with Crippen molar-refractivity contribution in [1.29, 1.82) is 0 Å². The van der Waals surface area contributed by atoms with Crippen LogP contribution in [0.15, 0.2) is 12.4 Å². The van der Waals surface area contributed by atoms with Crippen molar-refractivity contribution in [3.05, 3.63) is 12.4 Å². The van der Waals surface area contributed by atoms with Gasteiger partial charge in [0, 0.05) is 0 Å². The molecule has 17 heavy (non-hydrogen) atoms. The first-order chi connectivity index (χ1) is 8.24. The summed E-state index contributed by atoms with van der Waals surface area (Å²) in [5, 5.41) is 3.30. The van der Waals surface area contributed by atoms with Crippen LogP contribution in [0.25, 0.3) is 0 Å².